The molecule has 1 aliphatic heterocycles. The molecule has 1 aliphatic rings. The van der Waals surface area contributed by atoms with Crippen molar-refractivity contribution in [1.82, 2.24) is 9.62 Å². The van der Waals surface area contributed by atoms with Crippen molar-refractivity contribution in [3.05, 3.63) is 65.7 Å². The lowest BCUT2D eigenvalue weighted by molar-refractivity contribution is -0.126. The number of amides is 1. The van der Waals surface area contributed by atoms with E-state index in [0.29, 0.717) is 25.9 Å². The second-order valence-corrected chi connectivity index (χ2v) is 8.66. The Morgan fingerprint density at radius 2 is 1.92 bits per heavy atom. The summed E-state index contributed by atoms with van der Waals surface area (Å²) in [5.41, 5.74) is 2.19. The van der Waals surface area contributed by atoms with Crippen LogP contribution in [0, 0.1) is 12.8 Å². The van der Waals surface area contributed by atoms with Gasteiger partial charge in [0.15, 0.2) is 0 Å². The monoisotopic (exact) mass is 372 g/mol. The third-order valence-corrected chi connectivity index (χ3v) is 6.56. The molecule has 26 heavy (non-hydrogen) atoms. The maximum Gasteiger partial charge on any atom is 0.243 e. The number of carbonyl (C=O) groups is 1. The van der Waals surface area contributed by atoms with Gasteiger partial charge in [-0.1, -0.05) is 48.0 Å². The number of benzene rings is 2. The predicted octanol–water partition coefficient (Wildman–Crippen LogP) is 2.71. The first-order valence-electron chi connectivity index (χ1n) is 8.85. The molecule has 5 nitrogen and oxygen atoms in total. The summed E-state index contributed by atoms with van der Waals surface area (Å²) < 4.78 is 27.0. The van der Waals surface area contributed by atoms with E-state index in [4.69, 9.17) is 0 Å². The summed E-state index contributed by atoms with van der Waals surface area (Å²) in [5.74, 6) is -0.397. The Bertz CT molecular complexity index is 866. The van der Waals surface area contributed by atoms with Crippen LogP contribution in [0.2, 0.25) is 0 Å². The third kappa shape index (κ3) is 4.31. The van der Waals surface area contributed by atoms with Gasteiger partial charge in [0.2, 0.25) is 15.9 Å². The van der Waals surface area contributed by atoms with E-state index < -0.39 is 10.0 Å². The lowest BCUT2D eigenvalue weighted by Gasteiger charge is -2.31. The van der Waals surface area contributed by atoms with Crippen LogP contribution in [0.3, 0.4) is 0 Å². The van der Waals surface area contributed by atoms with Crippen LogP contribution in [0.1, 0.15) is 24.0 Å². The lowest BCUT2D eigenvalue weighted by Crippen LogP contribution is -2.45. The number of rotatable bonds is 5. The Morgan fingerprint density at radius 3 is 2.65 bits per heavy atom. The Kier molecular flexibility index (Phi) is 5.74. The average Bonchev–Trinajstić information content (AvgIpc) is 2.67. The van der Waals surface area contributed by atoms with Crippen molar-refractivity contribution in [2.24, 2.45) is 5.92 Å². The molecule has 0 aromatic heterocycles. The molecule has 1 amide bonds. The maximum absolute atomic E-state index is 12.8. The van der Waals surface area contributed by atoms with E-state index in [1.54, 1.807) is 30.3 Å². The number of piperidine rings is 1. The minimum atomic E-state index is -3.55. The number of aryl methyl sites for hydroxylation is 1. The fraction of sp³-hybridized carbons (Fsp3) is 0.350. The van der Waals surface area contributed by atoms with Crippen molar-refractivity contribution < 1.29 is 13.2 Å². The molecule has 1 fully saturated rings. The molecule has 0 spiro atoms. The largest absolute Gasteiger partial charge is 0.352 e. The molecule has 2 aromatic rings. The van der Waals surface area contributed by atoms with Crippen molar-refractivity contribution in [1.29, 1.82) is 0 Å². The van der Waals surface area contributed by atoms with Crippen LogP contribution < -0.4 is 5.32 Å². The van der Waals surface area contributed by atoms with Gasteiger partial charge in [-0.15, -0.1) is 0 Å². The normalized spacial score (nSPS) is 18.4. The van der Waals surface area contributed by atoms with Gasteiger partial charge in [-0.25, -0.2) is 8.42 Å². The molecular weight excluding hydrogens is 348 g/mol. The van der Waals surface area contributed by atoms with E-state index in [1.807, 2.05) is 31.2 Å². The summed E-state index contributed by atoms with van der Waals surface area (Å²) in [5, 5.41) is 2.95. The first-order chi connectivity index (χ1) is 12.5. The summed E-state index contributed by atoms with van der Waals surface area (Å²) >= 11 is 0. The molecule has 0 bridgehead atoms. The Labute approximate surface area is 155 Å². The number of hydrogen-bond donors (Lipinski definition) is 1. The topological polar surface area (TPSA) is 66.5 Å². The molecule has 6 heteroatoms. The van der Waals surface area contributed by atoms with Gasteiger partial charge in [0.25, 0.3) is 0 Å². The third-order valence-electron chi connectivity index (χ3n) is 4.69. The van der Waals surface area contributed by atoms with Gasteiger partial charge in [0.1, 0.15) is 0 Å². The highest BCUT2D eigenvalue weighted by molar-refractivity contribution is 7.89. The Hall–Kier alpha value is -2.18. The minimum absolute atomic E-state index is 0.0838. The average molecular weight is 372 g/mol. The van der Waals surface area contributed by atoms with Crippen LogP contribution >= 0.6 is 0 Å². The van der Waals surface area contributed by atoms with E-state index >= 15 is 0 Å². The van der Waals surface area contributed by atoms with Crippen LogP contribution in [-0.4, -0.2) is 31.7 Å². The smallest absolute Gasteiger partial charge is 0.243 e. The number of nitrogens with one attached hydrogen (secondary N) is 1. The molecular formula is C20H24N2O3S. The van der Waals surface area contributed by atoms with Gasteiger partial charge in [0, 0.05) is 19.6 Å². The SMILES string of the molecule is Cc1cccc(CNC(=O)C2CCCN(S(=O)(=O)c3ccccc3)C2)c1. The number of nitrogens with zero attached hydrogens (tertiary/aromatic N) is 1. The predicted molar refractivity (Wildman–Crippen MR) is 101 cm³/mol. The molecule has 0 aliphatic carbocycles. The number of carbonyl (C=O) groups excluding carboxylic acids is 1. The number of hydrogen-bond acceptors (Lipinski definition) is 3. The first-order valence-corrected chi connectivity index (χ1v) is 10.3. The van der Waals surface area contributed by atoms with Gasteiger partial charge in [-0.2, -0.15) is 4.31 Å². The molecule has 1 saturated heterocycles. The molecule has 1 unspecified atom stereocenters. The highest BCUT2D eigenvalue weighted by Gasteiger charge is 2.33. The number of sulfonamides is 1. The van der Waals surface area contributed by atoms with E-state index in [2.05, 4.69) is 5.32 Å². The Balaban J connectivity index is 1.63. The fourth-order valence-electron chi connectivity index (χ4n) is 3.27. The zero-order chi connectivity index (χ0) is 18.6. The van der Waals surface area contributed by atoms with Crippen molar-refractivity contribution >= 4 is 15.9 Å². The quantitative estimate of drug-likeness (QED) is 0.878. The minimum Gasteiger partial charge on any atom is -0.352 e. The van der Waals surface area contributed by atoms with E-state index in [-0.39, 0.29) is 23.3 Å². The fourth-order valence-corrected chi connectivity index (χ4v) is 4.82. The van der Waals surface area contributed by atoms with Crippen LogP contribution in [0.5, 0.6) is 0 Å². The van der Waals surface area contributed by atoms with Gasteiger partial charge in [-0.05, 0) is 37.5 Å². The molecule has 1 heterocycles. The Morgan fingerprint density at radius 1 is 1.15 bits per heavy atom. The standard InChI is InChI=1S/C20H24N2O3S/c1-16-7-5-8-17(13-16)14-21-20(23)18-9-6-12-22(15-18)26(24,25)19-10-3-2-4-11-19/h2-5,7-8,10-11,13,18H,6,9,12,14-15H2,1H3,(H,21,23). The van der Waals surface area contributed by atoms with Gasteiger partial charge in [0.05, 0.1) is 10.8 Å². The zero-order valence-corrected chi connectivity index (χ0v) is 15.7. The molecule has 1 atom stereocenters. The van der Waals surface area contributed by atoms with Crippen molar-refractivity contribution in [3.8, 4) is 0 Å². The summed E-state index contributed by atoms with van der Waals surface area (Å²) in [6.45, 7) is 3.16. The second kappa shape index (κ2) is 8.01. The zero-order valence-electron chi connectivity index (χ0n) is 14.9. The molecule has 2 aromatic carbocycles. The molecule has 138 valence electrons. The highest BCUT2D eigenvalue weighted by Crippen LogP contribution is 2.23. The van der Waals surface area contributed by atoms with E-state index in [1.165, 1.54) is 4.31 Å². The van der Waals surface area contributed by atoms with E-state index in [9.17, 15) is 13.2 Å². The first kappa shape index (κ1) is 18.6. The van der Waals surface area contributed by atoms with Gasteiger partial charge in [-0.3, -0.25) is 4.79 Å². The van der Waals surface area contributed by atoms with Crippen molar-refractivity contribution in [3.63, 3.8) is 0 Å². The lowest BCUT2D eigenvalue weighted by atomic mass is 9.98. The van der Waals surface area contributed by atoms with Crippen molar-refractivity contribution in [2.45, 2.75) is 31.2 Å². The second-order valence-electron chi connectivity index (χ2n) is 6.72. The molecule has 1 N–H and O–H groups in total. The van der Waals surface area contributed by atoms with Crippen LogP contribution in [0.4, 0.5) is 0 Å². The van der Waals surface area contributed by atoms with Crippen LogP contribution in [0.25, 0.3) is 0 Å². The van der Waals surface area contributed by atoms with Crippen LogP contribution in [0.15, 0.2) is 59.5 Å². The van der Waals surface area contributed by atoms with Crippen LogP contribution in [-0.2, 0) is 21.4 Å². The summed E-state index contributed by atoms with van der Waals surface area (Å²) in [4.78, 5) is 12.8. The van der Waals surface area contributed by atoms with Gasteiger partial charge >= 0.3 is 0 Å². The van der Waals surface area contributed by atoms with Crippen molar-refractivity contribution in [2.75, 3.05) is 13.1 Å². The maximum atomic E-state index is 12.8. The summed E-state index contributed by atoms with van der Waals surface area (Å²) in [7, 11) is -3.55. The highest BCUT2D eigenvalue weighted by atomic mass is 32.2. The molecule has 0 saturated carbocycles. The summed E-state index contributed by atoms with van der Waals surface area (Å²) in [6, 6.07) is 16.4. The molecule has 3 rings (SSSR count). The molecule has 0 radical (unpaired) electrons. The van der Waals surface area contributed by atoms with Gasteiger partial charge < -0.3 is 5.32 Å². The summed E-state index contributed by atoms with van der Waals surface area (Å²) in [6.07, 6.45) is 1.40. The van der Waals surface area contributed by atoms with E-state index in [0.717, 1.165) is 11.1 Å².